The molecule has 0 bridgehead atoms. The molecule has 19 heavy (non-hydrogen) atoms. The van der Waals surface area contributed by atoms with Crippen LogP contribution < -0.4 is 0 Å². The van der Waals surface area contributed by atoms with E-state index < -0.39 is 0 Å². The lowest BCUT2D eigenvalue weighted by Crippen LogP contribution is -2.18. The minimum atomic E-state index is -0.126. The van der Waals surface area contributed by atoms with Crippen LogP contribution in [-0.2, 0) is 9.47 Å². The fraction of sp³-hybridized carbons (Fsp3) is 0.533. The number of methoxy groups -OCH3 is 1. The number of aliphatic imine (C=N–C) groups is 1. The van der Waals surface area contributed by atoms with Crippen LogP contribution in [0.4, 0.5) is 0 Å². The van der Waals surface area contributed by atoms with Crippen LogP contribution in [-0.4, -0.2) is 25.2 Å². The van der Waals surface area contributed by atoms with E-state index in [0.29, 0.717) is 6.61 Å². The molecule has 2 atom stereocenters. The van der Waals surface area contributed by atoms with Crippen LogP contribution in [0.25, 0.3) is 0 Å². The van der Waals surface area contributed by atoms with Crippen LogP contribution in [0.3, 0.4) is 0 Å². The highest BCUT2D eigenvalue weighted by Crippen LogP contribution is 2.41. The van der Waals surface area contributed by atoms with Gasteiger partial charge in [-0.3, -0.25) is 0 Å². The SMILES string of the molecule is COC1=C[C@@H](c2ccco2)[C@@H](C2=NC(C)(C)CO2)C1. The summed E-state index contributed by atoms with van der Waals surface area (Å²) in [6.45, 7) is 4.81. The first kappa shape index (κ1) is 12.3. The maximum absolute atomic E-state index is 5.79. The highest BCUT2D eigenvalue weighted by molar-refractivity contribution is 5.83. The van der Waals surface area contributed by atoms with Crippen molar-refractivity contribution in [1.82, 2.24) is 0 Å². The Balaban J connectivity index is 1.89. The third-order valence-corrected chi connectivity index (χ3v) is 3.66. The van der Waals surface area contributed by atoms with E-state index in [-0.39, 0.29) is 17.4 Å². The van der Waals surface area contributed by atoms with Crippen molar-refractivity contribution >= 4 is 5.90 Å². The monoisotopic (exact) mass is 261 g/mol. The van der Waals surface area contributed by atoms with Gasteiger partial charge in [0.15, 0.2) is 5.90 Å². The summed E-state index contributed by atoms with van der Waals surface area (Å²) in [5.41, 5.74) is -0.126. The van der Waals surface area contributed by atoms with Crippen LogP contribution in [0.2, 0.25) is 0 Å². The molecule has 0 saturated heterocycles. The molecule has 0 aromatic carbocycles. The Morgan fingerprint density at radius 3 is 2.84 bits per heavy atom. The molecule has 1 aliphatic carbocycles. The van der Waals surface area contributed by atoms with E-state index in [0.717, 1.165) is 23.8 Å². The molecule has 3 rings (SSSR count). The van der Waals surface area contributed by atoms with Crippen molar-refractivity contribution in [1.29, 1.82) is 0 Å². The average Bonchev–Trinajstić information content (AvgIpc) is 3.05. The number of hydrogen-bond donors (Lipinski definition) is 0. The van der Waals surface area contributed by atoms with Crippen molar-refractivity contribution in [2.24, 2.45) is 10.9 Å². The molecule has 0 radical (unpaired) electrons. The second kappa shape index (κ2) is 4.44. The Morgan fingerprint density at radius 1 is 1.42 bits per heavy atom. The van der Waals surface area contributed by atoms with Gasteiger partial charge in [-0.1, -0.05) is 0 Å². The van der Waals surface area contributed by atoms with Crippen LogP contribution in [0, 0.1) is 5.92 Å². The molecular weight excluding hydrogens is 242 g/mol. The normalized spacial score (nSPS) is 28.8. The highest BCUT2D eigenvalue weighted by Gasteiger charge is 2.40. The van der Waals surface area contributed by atoms with Gasteiger partial charge in [0.2, 0.25) is 0 Å². The largest absolute Gasteiger partial charge is 0.501 e. The van der Waals surface area contributed by atoms with Crippen LogP contribution in [0.1, 0.15) is 31.9 Å². The van der Waals surface area contributed by atoms with E-state index in [1.165, 1.54) is 0 Å². The summed E-state index contributed by atoms with van der Waals surface area (Å²) in [6, 6.07) is 3.90. The smallest absolute Gasteiger partial charge is 0.188 e. The molecule has 4 heteroatoms. The van der Waals surface area contributed by atoms with Gasteiger partial charge in [-0.2, -0.15) is 0 Å². The number of furan rings is 1. The Labute approximate surface area is 113 Å². The van der Waals surface area contributed by atoms with E-state index in [1.54, 1.807) is 13.4 Å². The molecule has 2 aliphatic rings. The maximum atomic E-state index is 5.79. The fourth-order valence-corrected chi connectivity index (χ4v) is 2.69. The lowest BCUT2D eigenvalue weighted by Gasteiger charge is -2.16. The van der Waals surface area contributed by atoms with Gasteiger partial charge in [0, 0.05) is 6.42 Å². The van der Waals surface area contributed by atoms with Gasteiger partial charge in [0.05, 0.1) is 36.5 Å². The summed E-state index contributed by atoms with van der Waals surface area (Å²) < 4.78 is 16.7. The van der Waals surface area contributed by atoms with Crippen molar-refractivity contribution in [3.8, 4) is 0 Å². The summed E-state index contributed by atoms with van der Waals surface area (Å²) in [4.78, 5) is 4.70. The van der Waals surface area contributed by atoms with E-state index in [9.17, 15) is 0 Å². The van der Waals surface area contributed by atoms with Gasteiger partial charge >= 0.3 is 0 Å². The number of nitrogens with zero attached hydrogens (tertiary/aromatic N) is 1. The van der Waals surface area contributed by atoms with E-state index >= 15 is 0 Å². The first-order valence-electron chi connectivity index (χ1n) is 6.60. The predicted molar refractivity (Wildman–Crippen MR) is 72.1 cm³/mol. The Bertz CT molecular complexity index is 514. The van der Waals surface area contributed by atoms with Gasteiger partial charge in [0.1, 0.15) is 12.4 Å². The summed E-state index contributed by atoms with van der Waals surface area (Å²) in [5, 5.41) is 0. The Kier molecular flexibility index (Phi) is 2.88. The molecule has 0 amide bonds. The van der Waals surface area contributed by atoms with Gasteiger partial charge < -0.3 is 13.9 Å². The van der Waals surface area contributed by atoms with E-state index in [1.807, 2.05) is 12.1 Å². The molecule has 0 unspecified atom stereocenters. The number of hydrogen-bond acceptors (Lipinski definition) is 4. The molecule has 2 heterocycles. The Morgan fingerprint density at radius 2 is 2.26 bits per heavy atom. The summed E-state index contributed by atoms with van der Waals surface area (Å²) >= 11 is 0. The predicted octanol–water partition coefficient (Wildman–Crippen LogP) is 3.12. The zero-order valence-corrected chi connectivity index (χ0v) is 11.6. The summed E-state index contributed by atoms with van der Waals surface area (Å²) in [7, 11) is 1.70. The molecular formula is C15H19NO3. The quantitative estimate of drug-likeness (QED) is 0.839. The third-order valence-electron chi connectivity index (χ3n) is 3.66. The molecule has 0 fully saturated rings. The molecule has 1 aliphatic heterocycles. The van der Waals surface area contributed by atoms with Gasteiger partial charge in [-0.15, -0.1) is 0 Å². The molecule has 1 aromatic heterocycles. The first-order valence-corrected chi connectivity index (χ1v) is 6.60. The van der Waals surface area contributed by atoms with Crippen LogP contribution >= 0.6 is 0 Å². The lowest BCUT2D eigenvalue weighted by atomic mass is 9.93. The number of allylic oxidation sites excluding steroid dienone is 2. The second-order valence-electron chi connectivity index (χ2n) is 5.74. The van der Waals surface area contributed by atoms with Crippen LogP contribution in [0.15, 0.2) is 39.6 Å². The molecule has 0 spiro atoms. The number of ether oxygens (including phenoxy) is 2. The van der Waals surface area contributed by atoms with Crippen molar-refractivity contribution in [3.63, 3.8) is 0 Å². The zero-order valence-electron chi connectivity index (χ0n) is 11.6. The van der Waals surface area contributed by atoms with Crippen LogP contribution in [0.5, 0.6) is 0 Å². The molecule has 1 aromatic rings. The topological polar surface area (TPSA) is 44.0 Å². The summed E-state index contributed by atoms with van der Waals surface area (Å²) in [6.07, 6.45) is 4.63. The van der Waals surface area contributed by atoms with Crippen molar-refractivity contribution in [3.05, 3.63) is 36.0 Å². The lowest BCUT2D eigenvalue weighted by molar-refractivity contribution is 0.252. The van der Waals surface area contributed by atoms with Crippen molar-refractivity contribution < 1.29 is 13.9 Å². The average molecular weight is 261 g/mol. The third kappa shape index (κ3) is 2.27. The van der Waals surface area contributed by atoms with Crippen molar-refractivity contribution in [2.45, 2.75) is 31.7 Å². The van der Waals surface area contributed by atoms with E-state index in [2.05, 4.69) is 19.9 Å². The highest BCUT2D eigenvalue weighted by atomic mass is 16.5. The minimum Gasteiger partial charge on any atom is -0.501 e. The standard InChI is InChI=1S/C15H19NO3/c1-15(2)9-19-14(16-15)12-8-10(17-3)7-11(12)13-5-4-6-18-13/h4-7,11-12H,8-9H2,1-3H3/t11-,12+/m1/s1. The molecule has 0 saturated carbocycles. The molecule has 102 valence electrons. The van der Waals surface area contributed by atoms with E-state index in [4.69, 9.17) is 18.9 Å². The van der Waals surface area contributed by atoms with Crippen molar-refractivity contribution in [2.75, 3.05) is 13.7 Å². The van der Waals surface area contributed by atoms with Gasteiger partial charge in [0.25, 0.3) is 0 Å². The van der Waals surface area contributed by atoms with Gasteiger partial charge in [-0.05, 0) is 32.1 Å². The first-order chi connectivity index (χ1) is 9.09. The fourth-order valence-electron chi connectivity index (χ4n) is 2.69. The number of rotatable bonds is 3. The second-order valence-corrected chi connectivity index (χ2v) is 5.74. The summed E-state index contributed by atoms with van der Waals surface area (Å²) in [5.74, 6) is 3.07. The zero-order chi connectivity index (χ0) is 13.5. The Hall–Kier alpha value is -1.71. The minimum absolute atomic E-state index is 0.126. The molecule has 0 N–H and O–H groups in total. The molecule has 4 nitrogen and oxygen atoms in total. The van der Waals surface area contributed by atoms with Gasteiger partial charge in [-0.25, -0.2) is 4.99 Å². The maximum Gasteiger partial charge on any atom is 0.188 e.